The summed E-state index contributed by atoms with van der Waals surface area (Å²) in [5, 5.41) is 4.20. The van der Waals surface area contributed by atoms with Crippen LogP contribution in [0.1, 0.15) is 43.7 Å². The van der Waals surface area contributed by atoms with Gasteiger partial charge < -0.3 is 4.74 Å². The Kier molecular flexibility index (Phi) is 4.97. The van der Waals surface area contributed by atoms with Crippen molar-refractivity contribution < 1.29 is 9.53 Å². The van der Waals surface area contributed by atoms with Gasteiger partial charge in [-0.1, -0.05) is 62.2 Å². The zero-order valence-corrected chi connectivity index (χ0v) is 15.7. The zero-order valence-electron chi connectivity index (χ0n) is 15.7. The van der Waals surface area contributed by atoms with Crippen LogP contribution in [0.25, 0.3) is 0 Å². The van der Waals surface area contributed by atoms with Crippen molar-refractivity contribution in [1.82, 2.24) is 5.43 Å². The van der Waals surface area contributed by atoms with E-state index in [0.717, 1.165) is 23.3 Å². The number of fused-ring (bicyclic) bond motifs is 1. The molecule has 2 aromatic carbocycles. The standard InChI is InChI=1S/C23H26N2O2/c1-23-14-8-7-12-19(23)21(23)22(26)25-24-15-18-11-5-6-13-20(18)27-16-17-9-3-2-4-10-17/h2-6,9-11,13,15,19,21H,7-8,12,14,16H2,1H3,(H,25,26)/b24-15-/t19-,21-,23+/m1/s1. The van der Waals surface area contributed by atoms with E-state index in [0.29, 0.717) is 12.5 Å². The first kappa shape index (κ1) is 17.8. The molecular weight excluding hydrogens is 336 g/mol. The fraction of sp³-hybridized carbons (Fsp3) is 0.391. The van der Waals surface area contributed by atoms with Gasteiger partial charge in [0.2, 0.25) is 5.91 Å². The summed E-state index contributed by atoms with van der Waals surface area (Å²) in [6.07, 6.45) is 6.50. The summed E-state index contributed by atoms with van der Waals surface area (Å²) in [6.45, 7) is 2.75. The van der Waals surface area contributed by atoms with Gasteiger partial charge in [-0.05, 0) is 41.9 Å². The number of amides is 1. The molecule has 4 nitrogen and oxygen atoms in total. The van der Waals surface area contributed by atoms with Crippen molar-refractivity contribution in [3.05, 3.63) is 65.7 Å². The Labute approximate surface area is 160 Å². The van der Waals surface area contributed by atoms with Gasteiger partial charge in [0.25, 0.3) is 0 Å². The maximum Gasteiger partial charge on any atom is 0.244 e. The number of hydrogen-bond donors (Lipinski definition) is 1. The lowest BCUT2D eigenvalue weighted by Crippen LogP contribution is -2.22. The number of carbonyl (C=O) groups is 1. The summed E-state index contributed by atoms with van der Waals surface area (Å²) >= 11 is 0. The van der Waals surface area contributed by atoms with Gasteiger partial charge in [0, 0.05) is 11.5 Å². The minimum absolute atomic E-state index is 0.0586. The van der Waals surface area contributed by atoms with Crippen LogP contribution >= 0.6 is 0 Å². The van der Waals surface area contributed by atoms with Crippen LogP contribution in [-0.2, 0) is 11.4 Å². The highest BCUT2D eigenvalue weighted by atomic mass is 16.5. The summed E-state index contributed by atoms with van der Waals surface area (Å²) in [7, 11) is 0. The summed E-state index contributed by atoms with van der Waals surface area (Å²) < 4.78 is 5.93. The lowest BCUT2D eigenvalue weighted by atomic mass is 9.90. The second-order valence-corrected chi connectivity index (χ2v) is 7.88. The highest BCUT2D eigenvalue weighted by Crippen LogP contribution is 2.66. The van der Waals surface area contributed by atoms with Crippen molar-refractivity contribution >= 4 is 12.1 Å². The van der Waals surface area contributed by atoms with E-state index in [-0.39, 0.29) is 17.2 Å². The Morgan fingerprint density at radius 2 is 1.96 bits per heavy atom. The molecule has 0 aromatic heterocycles. The number of para-hydroxylation sites is 1. The van der Waals surface area contributed by atoms with E-state index in [4.69, 9.17) is 4.74 Å². The number of rotatable bonds is 6. The lowest BCUT2D eigenvalue weighted by molar-refractivity contribution is -0.123. The molecule has 4 heteroatoms. The normalized spacial score (nSPS) is 26.4. The second-order valence-electron chi connectivity index (χ2n) is 7.88. The van der Waals surface area contributed by atoms with Gasteiger partial charge in [-0.15, -0.1) is 0 Å². The number of carbonyl (C=O) groups excluding carboxylic acids is 1. The fourth-order valence-corrected chi connectivity index (χ4v) is 4.54. The van der Waals surface area contributed by atoms with E-state index in [2.05, 4.69) is 17.5 Å². The predicted octanol–water partition coefficient (Wildman–Crippen LogP) is 4.54. The molecule has 4 rings (SSSR count). The molecule has 3 atom stereocenters. The second kappa shape index (κ2) is 7.55. The Bertz CT molecular complexity index is 833. The van der Waals surface area contributed by atoms with Crippen molar-refractivity contribution in [3.8, 4) is 5.75 Å². The number of ether oxygens (including phenoxy) is 1. The fourth-order valence-electron chi connectivity index (χ4n) is 4.54. The minimum atomic E-state index is 0.0586. The first-order chi connectivity index (χ1) is 13.2. The minimum Gasteiger partial charge on any atom is -0.488 e. The maximum absolute atomic E-state index is 12.5. The van der Waals surface area contributed by atoms with Crippen LogP contribution in [0.5, 0.6) is 5.75 Å². The van der Waals surface area contributed by atoms with Gasteiger partial charge in [0.1, 0.15) is 12.4 Å². The smallest absolute Gasteiger partial charge is 0.244 e. The summed E-state index contributed by atoms with van der Waals surface area (Å²) in [4.78, 5) is 12.5. The summed E-state index contributed by atoms with van der Waals surface area (Å²) in [5.74, 6) is 1.49. The average molecular weight is 362 g/mol. The van der Waals surface area contributed by atoms with Crippen LogP contribution in [0.4, 0.5) is 0 Å². The molecule has 2 aliphatic carbocycles. The number of hydrogen-bond acceptors (Lipinski definition) is 3. The molecule has 2 aromatic rings. The van der Waals surface area contributed by atoms with E-state index < -0.39 is 0 Å². The molecule has 0 spiro atoms. The van der Waals surface area contributed by atoms with E-state index in [9.17, 15) is 4.79 Å². The van der Waals surface area contributed by atoms with Gasteiger partial charge in [0.05, 0.1) is 6.21 Å². The van der Waals surface area contributed by atoms with E-state index in [1.807, 2.05) is 54.6 Å². The van der Waals surface area contributed by atoms with Crippen LogP contribution in [0, 0.1) is 17.3 Å². The first-order valence-corrected chi connectivity index (χ1v) is 9.77. The Morgan fingerprint density at radius 1 is 1.19 bits per heavy atom. The van der Waals surface area contributed by atoms with E-state index >= 15 is 0 Å². The third kappa shape index (κ3) is 3.75. The van der Waals surface area contributed by atoms with Crippen molar-refractivity contribution in [3.63, 3.8) is 0 Å². The molecule has 0 unspecified atom stereocenters. The van der Waals surface area contributed by atoms with Gasteiger partial charge in [-0.2, -0.15) is 5.10 Å². The highest BCUT2D eigenvalue weighted by molar-refractivity contribution is 5.87. The average Bonchev–Trinajstić information content (AvgIpc) is 3.33. The molecule has 2 saturated carbocycles. The molecule has 0 radical (unpaired) electrons. The SMILES string of the molecule is C[C@]12CCCC[C@@H]1[C@@H]2C(=O)N/N=C\c1ccccc1OCc1ccccc1. The largest absolute Gasteiger partial charge is 0.488 e. The Hall–Kier alpha value is -2.62. The molecule has 140 valence electrons. The molecule has 0 heterocycles. The topological polar surface area (TPSA) is 50.7 Å². The predicted molar refractivity (Wildman–Crippen MR) is 107 cm³/mol. The van der Waals surface area contributed by atoms with Crippen LogP contribution in [0.15, 0.2) is 59.7 Å². The number of nitrogens with one attached hydrogen (secondary N) is 1. The van der Waals surface area contributed by atoms with Crippen molar-refractivity contribution in [2.24, 2.45) is 22.4 Å². The van der Waals surface area contributed by atoms with Crippen molar-refractivity contribution in [2.45, 2.75) is 39.2 Å². The molecule has 1 amide bonds. The third-order valence-electron chi connectivity index (χ3n) is 6.15. The van der Waals surface area contributed by atoms with Crippen LogP contribution in [0.2, 0.25) is 0 Å². The van der Waals surface area contributed by atoms with Crippen LogP contribution < -0.4 is 10.2 Å². The monoisotopic (exact) mass is 362 g/mol. The zero-order chi connectivity index (χ0) is 18.7. The Morgan fingerprint density at radius 3 is 2.74 bits per heavy atom. The van der Waals surface area contributed by atoms with Crippen molar-refractivity contribution in [1.29, 1.82) is 0 Å². The Balaban J connectivity index is 1.36. The molecule has 0 aliphatic heterocycles. The number of benzene rings is 2. The summed E-state index contributed by atoms with van der Waals surface area (Å²) in [6, 6.07) is 17.8. The molecular formula is C23H26N2O2. The number of nitrogens with zero attached hydrogens (tertiary/aromatic N) is 1. The van der Waals surface area contributed by atoms with E-state index in [1.165, 1.54) is 19.3 Å². The maximum atomic E-state index is 12.5. The third-order valence-corrected chi connectivity index (χ3v) is 6.15. The van der Waals surface area contributed by atoms with E-state index in [1.54, 1.807) is 6.21 Å². The van der Waals surface area contributed by atoms with Crippen LogP contribution in [0.3, 0.4) is 0 Å². The van der Waals surface area contributed by atoms with Gasteiger partial charge in [0.15, 0.2) is 0 Å². The molecule has 1 N–H and O–H groups in total. The number of hydrazone groups is 1. The lowest BCUT2D eigenvalue weighted by Gasteiger charge is -2.15. The molecule has 2 aliphatic rings. The summed E-state index contributed by atoms with van der Waals surface area (Å²) in [5.41, 5.74) is 4.92. The molecule has 2 fully saturated rings. The van der Waals surface area contributed by atoms with Crippen molar-refractivity contribution in [2.75, 3.05) is 0 Å². The highest BCUT2D eigenvalue weighted by Gasteiger charge is 2.64. The van der Waals surface area contributed by atoms with Crippen LogP contribution in [-0.4, -0.2) is 12.1 Å². The quantitative estimate of drug-likeness (QED) is 0.606. The molecule has 27 heavy (non-hydrogen) atoms. The molecule has 0 saturated heterocycles. The molecule has 0 bridgehead atoms. The van der Waals surface area contributed by atoms with Gasteiger partial charge in [-0.3, -0.25) is 4.79 Å². The van der Waals surface area contributed by atoms with Gasteiger partial charge >= 0.3 is 0 Å². The first-order valence-electron chi connectivity index (χ1n) is 9.77. The van der Waals surface area contributed by atoms with Gasteiger partial charge in [-0.25, -0.2) is 5.43 Å².